The number of carbonyl (C=O) groups is 1. The molecule has 0 aromatic carbocycles. The summed E-state index contributed by atoms with van der Waals surface area (Å²) in [4.78, 5) is 15.0. The summed E-state index contributed by atoms with van der Waals surface area (Å²) in [6, 6.07) is 7.66. The van der Waals surface area contributed by atoms with E-state index in [4.69, 9.17) is 15.4 Å². The molecule has 0 aromatic heterocycles. The van der Waals surface area contributed by atoms with Gasteiger partial charge in [-0.2, -0.15) is 5.26 Å². The van der Waals surface area contributed by atoms with Gasteiger partial charge in [0.15, 0.2) is 16.1 Å². The van der Waals surface area contributed by atoms with Crippen molar-refractivity contribution in [3.63, 3.8) is 0 Å². The minimum absolute atomic E-state index is 0.0494. The van der Waals surface area contributed by atoms with Crippen molar-refractivity contribution in [2.24, 2.45) is 0 Å². The van der Waals surface area contributed by atoms with Gasteiger partial charge >= 0.3 is 11.7 Å². The van der Waals surface area contributed by atoms with Crippen molar-refractivity contribution in [1.29, 1.82) is 10.7 Å². The molecule has 0 radical (unpaired) electrons. The predicted octanol–water partition coefficient (Wildman–Crippen LogP) is 2.40. The van der Waals surface area contributed by atoms with Crippen LogP contribution in [0.25, 0.3) is 16.1 Å². The SMILES string of the molecule is CCOC(=O)c1c2ccccc([O-])c-2c(C#N)c1[N+]#N. The average Bonchev–Trinajstić information content (AvgIpc) is 2.65. The second kappa shape index (κ2) is 5.25. The summed E-state index contributed by atoms with van der Waals surface area (Å²) in [5.41, 5.74) is -0.152. The fourth-order valence-electron chi connectivity index (χ4n) is 2.05. The monoisotopic (exact) mass is 267 g/mol. The second-order valence-corrected chi connectivity index (χ2v) is 3.90. The zero-order valence-electron chi connectivity index (χ0n) is 10.6. The summed E-state index contributed by atoms with van der Waals surface area (Å²) in [7, 11) is 0. The fraction of sp³-hybridized carbons (Fsp3) is 0.143. The molecule has 2 aliphatic rings. The summed E-state index contributed by atoms with van der Waals surface area (Å²) >= 11 is 0. The summed E-state index contributed by atoms with van der Waals surface area (Å²) in [5, 5.41) is 30.2. The molecule has 0 spiro atoms. The molecule has 0 aliphatic heterocycles. The van der Waals surface area contributed by atoms with Gasteiger partial charge in [-0.05, 0) is 6.92 Å². The van der Waals surface area contributed by atoms with Crippen LogP contribution in [0.3, 0.4) is 0 Å². The zero-order valence-corrected chi connectivity index (χ0v) is 10.6. The maximum Gasteiger partial charge on any atom is 0.418 e. The first-order chi connectivity index (χ1) is 9.65. The van der Waals surface area contributed by atoms with E-state index < -0.39 is 11.7 Å². The summed E-state index contributed by atoms with van der Waals surface area (Å²) in [6.45, 7) is 1.75. The molecule has 0 saturated carbocycles. The van der Waals surface area contributed by atoms with E-state index in [-0.39, 0.29) is 34.5 Å². The van der Waals surface area contributed by atoms with E-state index in [1.165, 1.54) is 18.2 Å². The highest BCUT2D eigenvalue weighted by Crippen LogP contribution is 2.45. The molecule has 0 saturated heterocycles. The number of hydrogen-bond donors (Lipinski definition) is 0. The third-order valence-corrected chi connectivity index (χ3v) is 2.82. The Labute approximate surface area is 114 Å². The molecule has 0 unspecified atom stereocenters. The third-order valence-electron chi connectivity index (χ3n) is 2.82. The van der Waals surface area contributed by atoms with Gasteiger partial charge in [-0.3, -0.25) is 0 Å². The molecule has 0 heterocycles. The van der Waals surface area contributed by atoms with Crippen LogP contribution in [0.15, 0.2) is 24.3 Å². The Hall–Kier alpha value is -3.12. The van der Waals surface area contributed by atoms with Crippen molar-refractivity contribution in [1.82, 2.24) is 0 Å². The molecule has 0 fully saturated rings. The number of rotatable bonds is 2. The number of hydrogen-bond acceptors (Lipinski definition) is 5. The van der Waals surface area contributed by atoms with E-state index in [0.29, 0.717) is 0 Å². The van der Waals surface area contributed by atoms with Gasteiger partial charge in [0.25, 0.3) is 0 Å². The number of nitrogens with zero attached hydrogens (tertiary/aromatic N) is 3. The van der Waals surface area contributed by atoms with Gasteiger partial charge in [-0.25, -0.2) is 4.79 Å². The molecule has 0 N–H and O–H groups in total. The van der Waals surface area contributed by atoms with Crippen LogP contribution in [0.5, 0.6) is 5.75 Å². The van der Waals surface area contributed by atoms with Gasteiger partial charge in [0, 0.05) is 11.1 Å². The second-order valence-electron chi connectivity index (χ2n) is 3.90. The van der Waals surface area contributed by atoms with E-state index in [0.717, 1.165) is 0 Å². The standard InChI is InChI=1S/C14H9N3O3/c1-2-20-14(19)12-8-5-3-4-6-10(18)11(8)9(7-15)13(12)17-16/h3-6H,2H2,1H3. The van der Waals surface area contributed by atoms with Crippen LogP contribution >= 0.6 is 0 Å². The molecule has 2 aliphatic carbocycles. The van der Waals surface area contributed by atoms with Crippen LogP contribution in [0.2, 0.25) is 0 Å². The Morgan fingerprint density at radius 1 is 1.45 bits per heavy atom. The number of esters is 1. The number of ether oxygens (including phenoxy) is 1. The first-order valence-corrected chi connectivity index (χ1v) is 5.83. The molecule has 98 valence electrons. The van der Waals surface area contributed by atoms with Crippen LogP contribution < -0.4 is 5.11 Å². The molecule has 0 aromatic rings. The van der Waals surface area contributed by atoms with E-state index in [1.807, 2.05) is 0 Å². The highest BCUT2D eigenvalue weighted by Gasteiger charge is 2.37. The van der Waals surface area contributed by atoms with Crippen molar-refractivity contribution in [2.45, 2.75) is 6.92 Å². The topological polar surface area (TPSA) is 101 Å². The number of diazo groups is 1. The Balaban J connectivity index is 2.90. The van der Waals surface area contributed by atoms with Crippen LogP contribution in [-0.2, 0) is 4.74 Å². The molecular formula is C14H9N3O3. The quantitative estimate of drug-likeness (QED) is 0.614. The summed E-state index contributed by atoms with van der Waals surface area (Å²) in [5.74, 6) is -1.17. The first-order valence-electron chi connectivity index (χ1n) is 5.83. The van der Waals surface area contributed by atoms with Gasteiger partial charge < -0.3 is 9.84 Å². The van der Waals surface area contributed by atoms with Crippen LogP contribution in [0.4, 0.5) is 5.69 Å². The van der Waals surface area contributed by atoms with Gasteiger partial charge in [0.05, 0.1) is 6.61 Å². The van der Waals surface area contributed by atoms with Crippen LogP contribution in [-0.4, -0.2) is 12.6 Å². The Bertz CT molecular complexity index is 741. The first kappa shape index (κ1) is 13.3. The van der Waals surface area contributed by atoms with Crippen molar-refractivity contribution >= 4 is 11.7 Å². The Morgan fingerprint density at radius 3 is 2.75 bits per heavy atom. The maximum atomic E-state index is 12.0. The van der Waals surface area contributed by atoms with Crippen molar-refractivity contribution in [3.05, 3.63) is 40.4 Å². The minimum atomic E-state index is -0.739. The van der Waals surface area contributed by atoms with E-state index >= 15 is 0 Å². The molecule has 0 atom stereocenters. The molecule has 0 amide bonds. The van der Waals surface area contributed by atoms with Gasteiger partial charge in [-0.1, -0.05) is 30.0 Å². The molecule has 6 heteroatoms. The predicted molar refractivity (Wildman–Crippen MR) is 67.9 cm³/mol. The highest BCUT2D eigenvalue weighted by atomic mass is 16.5. The van der Waals surface area contributed by atoms with Crippen LogP contribution in [0.1, 0.15) is 22.8 Å². The number of nitriles is 1. The van der Waals surface area contributed by atoms with Crippen LogP contribution in [0, 0.1) is 16.7 Å². The minimum Gasteiger partial charge on any atom is -0.872 e. The van der Waals surface area contributed by atoms with E-state index in [9.17, 15) is 9.90 Å². The average molecular weight is 267 g/mol. The third kappa shape index (κ3) is 1.90. The smallest absolute Gasteiger partial charge is 0.418 e. The normalized spacial score (nSPS) is 9.75. The molecule has 20 heavy (non-hydrogen) atoms. The van der Waals surface area contributed by atoms with Gasteiger partial charge in [0.1, 0.15) is 6.07 Å². The Kier molecular flexibility index (Phi) is 3.49. The van der Waals surface area contributed by atoms with Crippen molar-refractivity contribution < 1.29 is 14.6 Å². The lowest BCUT2D eigenvalue weighted by Crippen LogP contribution is -2.04. The lowest BCUT2D eigenvalue weighted by molar-refractivity contribution is -0.267. The highest BCUT2D eigenvalue weighted by molar-refractivity contribution is 6.09. The summed E-state index contributed by atoms with van der Waals surface area (Å²) < 4.78 is 4.89. The maximum absolute atomic E-state index is 12.0. The molecule has 0 bridgehead atoms. The van der Waals surface area contributed by atoms with Crippen molar-refractivity contribution in [2.75, 3.05) is 6.61 Å². The summed E-state index contributed by atoms with van der Waals surface area (Å²) in [6.07, 6.45) is 0. The van der Waals surface area contributed by atoms with Gasteiger partial charge in [-0.15, -0.1) is 0 Å². The molecule has 2 rings (SSSR count). The van der Waals surface area contributed by atoms with E-state index in [1.54, 1.807) is 19.1 Å². The Morgan fingerprint density at radius 2 is 2.15 bits per heavy atom. The molecular weight excluding hydrogens is 258 g/mol. The van der Waals surface area contributed by atoms with Crippen molar-refractivity contribution in [3.8, 4) is 22.9 Å². The largest absolute Gasteiger partial charge is 0.872 e. The lowest BCUT2D eigenvalue weighted by atomic mass is 10.1. The lowest BCUT2D eigenvalue weighted by Gasteiger charge is -2.07. The number of fused-ring (bicyclic) bond motifs is 1. The fourth-order valence-corrected chi connectivity index (χ4v) is 2.05. The molecule has 6 nitrogen and oxygen atoms in total. The van der Waals surface area contributed by atoms with Gasteiger partial charge in [0.2, 0.25) is 5.39 Å². The van der Waals surface area contributed by atoms with E-state index in [2.05, 4.69) is 4.98 Å². The zero-order chi connectivity index (χ0) is 14.7. The number of carbonyl (C=O) groups excluding carboxylic acids is 1.